The Balaban J connectivity index is 2.20. The maximum atomic E-state index is 13.3. The van der Waals surface area contributed by atoms with Crippen LogP contribution in [-0.2, 0) is 6.61 Å². The van der Waals surface area contributed by atoms with Gasteiger partial charge in [-0.25, -0.2) is 9.37 Å². The van der Waals surface area contributed by atoms with Crippen molar-refractivity contribution in [2.45, 2.75) is 19.6 Å². The maximum absolute atomic E-state index is 13.3. The van der Waals surface area contributed by atoms with E-state index in [9.17, 15) is 4.39 Å². The van der Waals surface area contributed by atoms with Crippen LogP contribution in [0.2, 0.25) is 0 Å². The normalized spacial score (nSPS) is 12.0. The third-order valence-electron chi connectivity index (χ3n) is 2.89. The average Bonchev–Trinajstić information content (AvgIpc) is 2.45. The van der Waals surface area contributed by atoms with Gasteiger partial charge in [0.15, 0.2) is 0 Å². The molecule has 0 aliphatic rings. The van der Waals surface area contributed by atoms with Crippen molar-refractivity contribution in [1.29, 1.82) is 0 Å². The second kappa shape index (κ2) is 6.34. The van der Waals surface area contributed by atoms with Gasteiger partial charge < -0.3 is 15.2 Å². The molecule has 1 atom stereocenters. The average molecular weight is 276 g/mol. The van der Waals surface area contributed by atoms with Crippen molar-refractivity contribution in [2.24, 2.45) is 5.73 Å². The number of hydrogen-bond acceptors (Lipinski definition) is 4. The van der Waals surface area contributed by atoms with Crippen molar-refractivity contribution in [3.05, 3.63) is 53.5 Å². The Bertz CT molecular complexity index is 588. The fourth-order valence-electron chi connectivity index (χ4n) is 1.88. The van der Waals surface area contributed by atoms with Crippen molar-refractivity contribution >= 4 is 0 Å². The predicted molar refractivity (Wildman–Crippen MR) is 74.1 cm³/mol. The highest BCUT2D eigenvalue weighted by atomic mass is 19.1. The first-order valence-electron chi connectivity index (χ1n) is 6.27. The van der Waals surface area contributed by atoms with Crippen LogP contribution in [-0.4, -0.2) is 12.1 Å². The Labute approximate surface area is 117 Å². The summed E-state index contributed by atoms with van der Waals surface area (Å²) >= 11 is 0. The number of ether oxygens (including phenoxy) is 2. The quantitative estimate of drug-likeness (QED) is 0.912. The van der Waals surface area contributed by atoms with Gasteiger partial charge in [0.05, 0.1) is 12.7 Å². The second-order valence-electron chi connectivity index (χ2n) is 4.43. The first kappa shape index (κ1) is 14.3. The number of methoxy groups -OCH3 is 1. The van der Waals surface area contributed by atoms with Gasteiger partial charge in [-0.2, -0.15) is 0 Å². The van der Waals surface area contributed by atoms with Crippen LogP contribution >= 0.6 is 0 Å². The van der Waals surface area contributed by atoms with Gasteiger partial charge >= 0.3 is 0 Å². The molecule has 0 aliphatic carbocycles. The topological polar surface area (TPSA) is 57.4 Å². The van der Waals surface area contributed by atoms with Crippen molar-refractivity contribution in [3.8, 4) is 11.6 Å². The molecule has 2 N–H and O–H groups in total. The summed E-state index contributed by atoms with van der Waals surface area (Å²) in [7, 11) is 1.54. The smallest absolute Gasteiger partial charge is 0.219 e. The predicted octanol–water partition coefficient (Wildman–Crippen LogP) is 2.83. The highest BCUT2D eigenvalue weighted by Gasteiger charge is 2.11. The number of nitrogens with zero attached hydrogens (tertiary/aromatic N) is 1. The lowest BCUT2D eigenvalue weighted by Crippen LogP contribution is -2.09. The minimum absolute atomic E-state index is 0.235. The summed E-state index contributed by atoms with van der Waals surface area (Å²) in [6.45, 7) is 2.06. The van der Waals surface area contributed by atoms with Gasteiger partial charge in [-0.15, -0.1) is 0 Å². The molecule has 0 aliphatic heterocycles. The van der Waals surface area contributed by atoms with E-state index in [4.69, 9.17) is 15.2 Å². The van der Waals surface area contributed by atoms with Crippen LogP contribution in [0.25, 0.3) is 0 Å². The monoisotopic (exact) mass is 276 g/mol. The molecule has 5 heteroatoms. The van der Waals surface area contributed by atoms with Crippen LogP contribution in [0.5, 0.6) is 11.6 Å². The summed E-state index contributed by atoms with van der Waals surface area (Å²) in [5.41, 5.74) is 7.40. The number of rotatable bonds is 5. The molecule has 4 nitrogen and oxygen atoms in total. The molecule has 1 aromatic carbocycles. The zero-order chi connectivity index (χ0) is 14.5. The zero-order valence-electron chi connectivity index (χ0n) is 11.5. The lowest BCUT2D eigenvalue weighted by molar-refractivity contribution is 0.288. The standard InChI is InChI=1S/C15H17FN2O2/c1-10(17)13-6-5-12(16)8-14(13)20-9-11-4-3-7-18-15(11)19-2/h3-8,10H,9,17H2,1-2H3/t10-/m1/s1. The molecule has 2 rings (SSSR count). The van der Waals surface area contributed by atoms with Crippen LogP contribution in [0.4, 0.5) is 4.39 Å². The van der Waals surface area contributed by atoms with Gasteiger partial charge in [0.1, 0.15) is 18.2 Å². The van der Waals surface area contributed by atoms with E-state index >= 15 is 0 Å². The summed E-state index contributed by atoms with van der Waals surface area (Å²) in [5.74, 6) is 0.569. The molecule has 0 amide bonds. The van der Waals surface area contributed by atoms with E-state index < -0.39 is 0 Å². The van der Waals surface area contributed by atoms with Crippen LogP contribution in [0.3, 0.4) is 0 Å². The molecule has 0 radical (unpaired) electrons. The molecule has 2 aromatic rings. The van der Waals surface area contributed by atoms with Crippen molar-refractivity contribution in [2.75, 3.05) is 7.11 Å². The van der Waals surface area contributed by atoms with Gasteiger partial charge in [0.25, 0.3) is 0 Å². The molecule has 0 bridgehead atoms. The molecule has 0 saturated carbocycles. The zero-order valence-corrected chi connectivity index (χ0v) is 11.5. The summed E-state index contributed by atoms with van der Waals surface area (Å²) < 4.78 is 24.1. The van der Waals surface area contributed by atoms with Gasteiger partial charge in [-0.1, -0.05) is 6.07 Å². The van der Waals surface area contributed by atoms with Crippen molar-refractivity contribution < 1.29 is 13.9 Å². The largest absolute Gasteiger partial charge is 0.488 e. The van der Waals surface area contributed by atoms with Gasteiger partial charge in [-0.3, -0.25) is 0 Å². The lowest BCUT2D eigenvalue weighted by Gasteiger charge is -2.15. The van der Waals surface area contributed by atoms with E-state index in [-0.39, 0.29) is 18.5 Å². The SMILES string of the molecule is COc1ncccc1COc1cc(F)ccc1[C@@H](C)N. The number of pyridine rings is 1. The molecule has 0 unspecified atom stereocenters. The molecular weight excluding hydrogens is 259 g/mol. The highest BCUT2D eigenvalue weighted by molar-refractivity contribution is 5.36. The number of aromatic nitrogens is 1. The molecule has 106 valence electrons. The third-order valence-corrected chi connectivity index (χ3v) is 2.89. The summed E-state index contributed by atoms with van der Waals surface area (Å²) in [6.07, 6.45) is 1.64. The van der Waals surface area contributed by atoms with E-state index in [1.165, 1.54) is 12.1 Å². The van der Waals surface area contributed by atoms with Crippen molar-refractivity contribution in [3.63, 3.8) is 0 Å². The number of benzene rings is 1. The van der Waals surface area contributed by atoms with E-state index in [1.54, 1.807) is 25.4 Å². The van der Waals surface area contributed by atoms with E-state index in [1.807, 2.05) is 13.0 Å². The Morgan fingerprint density at radius 1 is 1.35 bits per heavy atom. The number of nitrogens with two attached hydrogens (primary N) is 1. The summed E-state index contributed by atoms with van der Waals surface area (Å²) in [4.78, 5) is 4.08. The van der Waals surface area contributed by atoms with Crippen LogP contribution < -0.4 is 15.2 Å². The summed E-state index contributed by atoms with van der Waals surface area (Å²) in [5, 5.41) is 0. The molecule has 0 spiro atoms. The third kappa shape index (κ3) is 3.24. The van der Waals surface area contributed by atoms with Crippen molar-refractivity contribution in [1.82, 2.24) is 4.98 Å². The van der Waals surface area contributed by atoms with E-state index in [0.29, 0.717) is 11.6 Å². The van der Waals surface area contributed by atoms with E-state index in [0.717, 1.165) is 11.1 Å². The van der Waals surface area contributed by atoms with E-state index in [2.05, 4.69) is 4.98 Å². The minimum atomic E-state index is -0.359. The Morgan fingerprint density at radius 2 is 2.15 bits per heavy atom. The fraction of sp³-hybridized carbons (Fsp3) is 0.267. The highest BCUT2D eigenvalue weighted by Crippen LogP contribution is 2.26. The minimum Gasteiger partial charge on any atom is -0.488 e. The number of halogens is 1. The Kier molecular flexibility index (Phi) is 4.53. The van der Waals surface area contributed by atoms with Gasteiger partial charge in [-0.05, 0) is 25.1 Å². The fourth-order valence-corrected chi connectivity index (χ4v) is 1.88. The number of hydrogen-bond donors (Lipinski definition) is 1. The molecule has 20 heavy (non-hydrogen) atoms. The summed E-state index contributed by atoms with van der Waals surface area (Å²) in [6, 6.07) is 7.74. The molecular formula is C15H17FN2O2. The van der Waals surface area contributed by atoms with Crippen LogP contribution in [0.15, 0.2) is 36.5 Å². The van der Waals surface area contributed by atoms with Gasteiger partial charge in [0.2, 0.25) is 5.88 Å². The molecule has 1 aromatic heterocycles. The Morgan fingerprint density at radius 3 is 2.85 bits per heavy atom. The van der Waals surface area contributed by atoms with Crippen LogP contribution in [0, 0.1) is 5.82 Å². The van der Waals surface area contributed by atoms with Crippen LogP contribution in [0.1, 0.15) is 24.1 Å². The van der Waals surface area contributed by atoms with Gasteiger partial charge in [0, 0.05) is 23.9 Å². The Hall–Kier alpha value is -2.14. The molecule has 0 fully saturated rings. The lowest BCUT2D eigenvalue weighted by atomic mass is 10.1. The maximum Gasteiger partial charge on any atom is 0.219 e. The second-order valence-corrected chi connectivity index (χ2v) is 4.43. The first-order valence-corrected chi connectivity index (χ1v) is 6.27. The molecule has 1 heterocycles. The molecule has 0 saturated heterocycles. The first-order chi connectivity index (χ1) is 9.61.